The standard InChI is InChI=1S/Co.FH2O3P.Li/c;1-5(2,3)4;/h;(H2,2,3,4);/q+2;;+1/p-2. The average Bonchev–Trinajstić information content (AvgIpc) is 0.722. The first kappa shape index (κ1) is 15.7. The summed E-state index contributed by atoms with van der Waals surface area (Å²) in [7, 11) is -5.64. The van der Waals surface area contributed by atoms with Crippen molar-refractivity contribution < 1.29 is 54.2 Å². The Morgan fingerprint density at radius 3 is 1.43 bits per heavy atom. The second-order valence-corrected chi connectivity index (χ2v) is 1.29. The molecule has 0 fully saturated rings. The fourth-order valence-electron chi connectivity index (χ4n) is 0. The van der Waals surface area contributed by atoms with Crippen LogP contribution in [-0.4, -0.2) is 0 Å². The minimum Gasteiger partial charge on any atom is -0.786 e. The van der Waals surface area contributed by atoms with Crippen molar-refractivity contribution in [2.45, 2.75) is 0 Å². The Labute approximate surface area is 62.3 Å². The van der Waals surface area contributed by atoms with Crippen LogP contribution in [0.5, 0.6) is 0 Å². The normalized spacial score (nSPS) is 8.43. The van der Waals surface area contributed by atoms with Gasteiger partial charge in [0, 0.05) is 0 Å². The van der Waals surface area contributed by atoms with E-state index in [1.54, 1.807) is 0 Å². The van der Waals surface area contributed by atoms with E-state index in [0.717, 1.165) is 0 Å². The van der Waals surface area contributed by atoms with E-state index < -0.39 is 7.91 Å². The number of rotatable bonds is 0. The maximum atomic E-state index is 10.1. The minimum atomic E-state index is -5.64. The van der Waals surface area contributed by atoms with E-state index in [2.05, 4.69) is 0 Å². The fourth-order valence-corrected chi connectivity index (χ4v) is 0. The maximum Gasteiger partial charge on any atom is 2.00 e. The van der Waals surface area contributed by atoms with E-state index >= 15 is 0 Å². The van der Waals surface area contributed by atoms with Gasteiger partial charge in [-0.2, -0.15) is 0 Å². The van der Waals surface area contributed by atoms with Crippen molar-refractivity contribution in [3.05, 3.63) is 0 Å². The Bertz CT molecular complexity index is 61.1. The van der Waals surface area contributed by atoms with Gasteiger partial charge in [-0.05, 0) is 0 Å². The van der Waals surface area contributed by atoms with Gasteiger partial charge in [-0.25, -0.2) is 4.20 Å². The predicted octanol–water partition coefficient (Wildman–Crippen LogP) is -4.21. The SMILES string of the molecule is O=P([O-])([O-])F.[Co+2].[Li+]. The third-order valence-corrected chi connectivity index (χ3v) is 0. The van der Waals surface area contributed by atoms with Crippen LogP contribution in [0.25, 0.3) is 0 Å². The van der Waals surface area contributed by atoms with Crippen LogP contribution in [0.4, 0.5) is 4.20 Å². The van der Waals surface area contributed by atoms with Crippen LogP contribution in [-0.2, 0) is 21.3 Å². The van der Waals surface area contributed by atoms with Gasteiger partial charge in [0.05, 0.1) is 0 Å². The molecule has 0 aromatic heterocycles. The largest absolute Gasteiger partial charge is 2.00 e. The third-order valence-electron chi connectivity index (χ3n) is 0. The molecule has 1 radical (unpaired) electrons. The molecule has 0 aromatic carbocycles. The molecule has 0 saturated carbocycles. The molecule has 0 unspecified atom stereocenters. The second-order valence-electron chi connectivity index (χ2n) is 0.431. The molecule has 0 rings (SSSR count). The number of hydrogen-bond donors (Lipinski definition) is 0. The van der Waals surface area contributed by atoms with E-state index in [1.807, 2.05) is 0 Å². The van der Waals surface area contributed by atoms with Crippen molar-refractivity contribution in [1.82, 2.24) is 0 Å². The first-order valence-corrected chi connectivity index (χ1v) is 2.15. The molecule has 3 nitrogen and oxygen atoms in total. The summed E-state index contributed by atoms with van der Waals surface area (Å²) in [6.45, 7) is 0. The molecule has 0 aromatic rings. The van der Waals surface area contributed by atoms with Crippen molar-refractivity contribution in [3.8, 4) is 0 Å². The van der Waals surface area contributed by atoms with E-state index in [-0.39, 0.29) is 35.6 Å². The predicted molar refractivity (Wildman–Crippen MR) is 8.71 cm³/mol. The molecule has 0 bridgehead atoms. The molecule has 0 aliphatic rings. The van der Waals surface area contributed by atoms with Crippen LogP contribution < -0.4 is 28.6 Å². The zero-order chi connectivity index (χ0) is 4.50. The zero-order valence-electron chi connectivity index (χ0n) is 3.38. The van der Waals surface area contributed by atoms with Gasteiger partial charge in [-0.15, -0.1) is 0 Å². The third kappa shape index (κ3) is 138. The molecule has 0 saturated heterocycles. The van der Waals surface area contributed by atoms with Crippen molar-refractivity contribution >= 4 is 7.91 Å². The Kier molecular flexibility index (Phi) is 12.0. The number of hydrogen-bond acceptors (Lipinski definition) is 3. The van der Waals surface area contributed by atoms with Gasteiger partial charge >= 0.3 is 35.6 Å². The van der Waals surface area contributed by atoms with Gasteiger partial charge in [0.15, 0.2) is 0 Å². The van der Waals surface area contributed by atoms with Crippen LogP contribution in [0.1, 0.15) is 0 Å². The summed E-state index contributed by atoms with van der Waals surface area (Å²) < 4.78 is 18.6. The van der Waals surface area contributed by atoms with Crippen molar-refractivity contribution in [1.29, 1.82) is 0 Å². The van der Waals surface area contributed by atoms with Crippen molar-refractivity contribution in [2.24, 2.45) is 0 Å². The summed E-state index contributed by atoms with van der Waals surface area (Å²) in [5.74, 6) is 0. The van der Waals surface area contributed by atoms with Gasteiger partial charge in [0.2, 0.25) is 0 Å². The smallest absolute Gasteiger partial charge is 0.786 e. The maximum absolute atomic E-state index is 10.1. The van der Waals surface area contributed by atoms with Gasteiger partial charge in [0.25, 0.3) is 0 Å². The van der Waals surface area contributed by atoms with E-state index in [9.17, 15) is 4.20 Å². The molecule has 0 N–H and O–H groups in total. The number of halogens is 1. The Morgan fingerprint density at radius 2 is 1.43 bits per heavy atom. The molecule has 0 aliphatic carbocycles. The average molecular weight is 164 g/mol. The minimum absolute atomic E-state index is 0. The first-order chi connectivity index (χ1) is 2.00. The van der Waals surface area contributed by atoms with Gasteiger partial charge < -0.3 is 14.4 Å². The van der Waals surface area contributed by atoms with Crippen molar-refractivity contribution in [2.75, 3.05) is 0 Å². The van der Waals surface area contributed by atoms with Crippen LogP contribution in [0.3, 0.4) is 0 Å². The van der Waals surface area contributed by atoms with Gasteiger partial charge in [-0.1, -0.05) is 0 Å². The van der Waals surface area contributed by atoms with Crippen LogP contribution >= 0.6 is 7.91 Å². The Morgan fingerprint density at radius 1 is 1.43 bits per heavy atom. The van der Waals surface area contributed by atoms with Crippen molar-refractivity contribution in [3.63, 3.8) is 0 Å². The summed E-state index contributed by atoms with van der Waals surface area (Å²) >= 11 is 0. The summed E-state index contributed by atoms with van der Waals surface area (Å²) in [5.41, 5.74) is 0. The molecular weight excluding hydrogens is 164 g/mol. The second kappa shape index (κ2) is 5.32. The summed E-state index contributed by atoms with van der Waals surface area (Å²) in [4.78, 5) is 16.9. The molecule has 7 heavy (non-hydrogen) atoms. The quantitative estimate of drug-likeness (QED) is 0.269. The summed E-state index contributed by atoms with van der Waals surface area (Å²) in [5, 5.41) is 0. The molecule has 0 atom stereocenters. The van der Waals surface area contributed by atoms with Gasteiger partial charge in [-0.3, -0.25) is 0 Å². The molecule has 0 amide bonds. The first-order valence-electron chi connectivity index (χ1n) is 0.717. The van der Waals surface area contributed by atoms with E-state index in [4.69, 9.17) is 14.4 Å². The Balaban J connectivity index is -0.0000000800. The molecule has 0 heterocycles. The summed E-state index contributed by atoms with van der Waals surface area (Å²) in [6, 6.07) is 0. The summed E-state index contributed by atoms with van der Waals surface area (Å²) in [6.07, 6.45) is 0. The van der Waals surface area contributed by atoms with Gasteiger partial charge in [0.1, 0.15) is 7.91 Å². The zero-order valence-corrected chi connectivity index (χ0v) is 5.32. The molecule has 39 valence electrons. The van der Waals surface area contributed by atoms with Crippen LogP contribution in [0.15, 0.2) is 0 Å². The van der Waals surface area contributed by atoms with E-state index in [0.29, 0.717) is 0 Å². The fraction of sp³-hybridized carbons (Fsp3) is 0. The molecule has 0 spiro atoms. The van der Waals surface area contributed by atoms with Crippen LogP contribution in [0, 0.1) is 0 Å². The molecular formula is CoFLiO3P+. The molecule has 7 heteroatoms. The monoisotopic (exact) mass is 164 g/mol. The van der Waals surface area contributed by atoms with E-state index in [1.165, 1.54) is 0 Å². The van der Waals surface area contributed by atoms with Crippen LogP contribution in [0.2, 0.25) is 0 Å². The topological polar surface area (TPSA) is 63.2 Å². The molecule has 0 aliphatic heterocycles. The Hall–Kier alpha value is 1.18.